The second-order valence-electron chi connectivity index (χ2n) is 5.87. The van der Waals surface area contributed by atoms with Crippen molar-refractivity contribution in [2.24, 2.45) is 0 Å². The van der Waals surface area contributed by atoms with Gasteiger partial charge in [-0.25, -0.2) is 0 Å². The molecule has 2 aromatic carbocycles. The van der Waals surface area contributed by atoms with E-state index in [1.807, 2.05) is 43.3 Å². The minimum atomic E-state index is -0.559. The maximum absolute atomic E-state index is 12.3. The molecular weight excluding hydrogens is 302 g/mol. The molecule has 0 unspecified atom stereocenters. The third kappa shape index (κ3) is 5.61. The number of hydrogen-bond acceptors (Lipinski definition) is 3. The first-order valence-electron chi connectivity index (χ1n) is 8.23. The number of hydrogen-bond donors (Lipinski definition) is 1. The molecule has 2 rings (SSSR count). The smallest absolute Gasteiger partial charge is 0.260 e. The van der Waals surface area contributed by atoms with Gasteiger partial charge < -0.3 is 14.8 Å². The predicted molar refractivity (Wildman–Crippen MR) is 95.5 cm³/mol. The van der Waals surface area contributed by atoms with E-state index in [2.05, 4.69) is 17.4 Å². The topological polar surface area (TPSA) is 47.6 Å². The lowest BCUT2D eigenvalue weighted by molar-refractivity contribution is -0.127. The zero-order chi connectivity index (χ0) is 17.4. The maximum atomic E-state index is 12.3. The highest BCUT2D eigenvalue weighted by Gasteiger charge is 2.17. The Balaban J connectivity index is 1.79. The highest BCUT2D eigenvalue weighted by molar-refractivity contribution is 5.81. The van der Waals surface area contributed by atoms with Crippen LogP contribution in [-0.2, 0) is 11.2 Å². The summed E-state index contributed by atoms with van der Waals surface area (Å²) >= 11 is 0. The van der Waals surface area contributed by atoms with Gasteiger partial charge in [-0.2, -0.15) is 0 Å². The molecule has 2 atom stereocenters. The number of ether oxygens (including phenoxy) is 2. The average Bonchev–Trinajstić information content (AvgIpc) is 2.61. The molecule has 24 heavy (non-hydrogen) atoms. The second kappa shape index (κ2) is 8.96. The summed E-state index contributed by atoms with van der Waals surface area (Å²) in [7, 11) is 1.60. The summed E-state index contributed by atoms with van der Waals surface area (Å²) in [4.78, 5) is 12.3. The van der Waals surface area contributed by atoms with Crippen LogP contribution >= 0.6 is 0 Å². The summed E-state index contributed by atoms with van der Waals surface area (Å²) in [6.45, 7) is 3.76. The Hall–Kier alpha value is -2.49. The molecule has 1 amide bonds. The van der Waals surface area contributed by atoms with Crippen LogP contribution in [-0.4, -0.2) is 25.2 Å². The number of amides is 1. The van der Waals surface area contributed by atoms with Gasteiger partial charge in [0.1, 0.15) is 11.5 Å². The molecule has 0 aliphatic heterocycles. The van der Waals surface area contributed by atoms with Crippen molar-refractivity contribution < 1.29 is 14.3 Å². The van der Waals surface area contributed by atoms with E-state index in [0.29, 0.717) is 11.5 Å². The van der Waals surface area contributed by atoms with Crippen LogP contribution in [0.15, 0.2) is 54.6 Å². The van der Waals surface area contributed by atoms with E-state index in [1.165, 1.54) is 5.56 Å². The Labute approximate surface area is 143 Å². The van der Waals surface area contributed by atoms with Gasteiger partial charge in [0.05, 0.1) is 7.11 Å². The van der Waals surface area contributed by atoms with Crippen LogP contribution in [0.4, 0.5) is 0 Å². The van der Waals surface area contributed by atoms with Crippen molar-refractivity contribution in [3.63, 3.8) is 0 Å². The van der Waals surface area contributed by atoms with E-state index < -0.39 is 6.10 Å². The Morgan fingerprint density at radius 2 is 1.75 bits per heavy atom. The summed E-state index contributed by atoms with van der Waals surface area (Å²) in [5.74, 6) is 1.21. The molecule has 0 radical (unpaired) electrons. The third-order valence-electron chi connectivity index (χ3n) is 3.82. The number of aryl methyl sites for hydroxylation is 1. The minimum Gasteiger partial charge on any atom is -0.497 e. The summed E-state index contributed by atoms with van der Waals surface area (Å²) in [6.07, 6.45) is 1.27. The predicted octanol–water partition coefficient (Wildman–Crippen LogP) is 3.60. The van der Waals surface area contributed by atoms with E-state index >= 15 is 0 Å². The van der Waals surface area contributed by atoms with Crippen molar-refractivity contribution in [1.29, 1.82) is 0 Å². The SMILES string of the molecule is COc1cccc(O[C@@H](C)C(=O)N[C@@H](C)CCc2ccccc2)c1. The van der Waals surface area contributed by atoms with Crippen LogP contribution in [0.1, 0.15) is 25.8 Å². The molecule has 128 valence electrons. The molecule has 0 bridgehead atoms. The monoisotopic (exact) mass is 327 g/mol. The lowest BCUT2D eigenvalue weighted by atomic mass is 10.1. The van der Waals surface area contributed by atoms with Gasteiger partial charge in [0.15, 0.2) is 6.10 Å². The van der Waals surface area contributed by atoms with E-state index in [-0.39, 0.29) is 11.9 Å². The van der Waals surface area contributed by atoms with Gasteiger partial charge in [-0.15, -0.1) is 0 Å². The first kappa shape index (κ1) is 17.9. The van der Waals surface area contributed by atoms with Gasteiger partial charge in [0.25, 0.3) is 5.91 Å². The summed E-state index contributed by atoms with van der Waals surface area (Å²) in [5.41, 5.74) is 1.28. The maximum Gasteiger partial charge on any atom is 0.260 e. The Morgan fingerprint density at radius 1 is 1.04 bits per heavy atom. The number of carbonyl (C=O) groups excluding carboxylic acids is 1. The fraction of sp³-hybridized carbons (Fsp3) is 0.350. The minimum absolute atomic E-state index is 0.0917. The first-order valence-corrected chi connectivity index (χ1v) is 8.23. The molecule has 0 aliphatic carbocycles. The van der Waals surface area contributed by atoms with Gasteiger partial charge in [0.2, 0.25) is 0 Å². The summed E-state index contributed by atoms with van der Waals surface area (Å²) < 4.78 is 10.8. The molecular formula is C20H25NO3. The van der Waals surface area contributed by atoms with Crippen molar-refractivity contribution in [1.82, 2.24) is 5.32 Å². The van der Waals surface area contributed by atoms with Gasteiger partial charge >= 0.3 is 0 Å². The van der Waals surface area contributed by atoms with E-state index in [4.69, 9.17) is 9.47 Å². The molecule has 0 aliphatic rings. The molecule has 4 nitrogen and oxygen atoms in total. The number of carbonyl (C=O) groups is 1. The standard InChI is InChI=1S/C20H25NO3/c1-15(12-13-17-8-5-4-6-9-17)21-20(22)16(2)24-19-11-7-10-18(14-19)23-3/h4-11,14-16H,12-13H2,1-3H3,(H,21,22)/t15-,16-/m0/s1. The highest BCUT2D eigenvalue weighted by Crippen LogP contribution is 2.20. The zero-order valence-electron chi connectivity index (χ0n) is 14.5. The van der Waals surface area contributed by atoms with Gasteiger partial charge in [-0.3, -0.25) is 4.79 Å². The molecule has 1 N–H and O–H groups in total. The molecule has 0 saturated heterocycles. The average molecular weight is 327 g/mol. The molecule has 0 heterocycles. The molecule has 0 fully saturated rings. The third-order valence-corrected chi connectivity index (χ3v) is 3.82. The number of rotatable bonds is 8. The lowest BCUT2D eigenvalue weighted by Crippen LogP contribution is -2.41. The Kier molecular flexibility index (Phi) is 6.67. The largest absolute Gasteiger partial charge is 0.497 e. The van der Waals surface area contributed by atoms with Crippen molar-refractivity contribution >= 4 is 5.91 Å². The van der Waals surface area contributed by atoms with E-state index in [0.717, 1.165) is 12.8 Å². The molecule has 0 spiro atoms. The normalized spacial score (nSPS) is 13.0. The van der Waals surface area contributed by atoms with Gasteiger partial charge in [0, 0.05) is 12.1 Å². The van der Waals surface area contributed by atoms with Crippen molar-refractivity contribution in [3.8, 4) is 11.5 Å². The summed E-state index contributed by atoms with van der Waals surface area (Å²) in [5, 5.41) is 3.00. The lowest BCUT2D eigenvalue weighted by Gasteiger charge is -2.19. The van der Waals surface area contributed by atoms with Crippen LogP contribution < -0.4 is 14.8 Å². The van der Waals surface area contributed by atoms with E-state index in [1.54, 1.807) is 20.1 Å². The summed E-state index contributed by atoms with van der Waals surface area (Å²) in [6, 6.07) is 17.6. The van der Waals surface area contributed by atoms with Crippen LogP contribution in [0.25, 0.3) is 0 Å². The fourth-order valence-electron chi connectivity index (χ4n) is 2.39. The highest BCUT2D eigenvalue weighted by atomic mass is 16.5. The zero-order valence-corrected chi connectivity index (χ0v) is 14.5. The molecule has 0 aromatic heterocycles. The van der Waals surface area contributed by atoms with Crippen LogP contribution in [0.2, 0.25) is 0 Å². The molecule has 2 aromatic rings. The van der Waals surface area contributed by atoms with Crippen molar-refractivity contribution in [2.75, 3.05) is 7.11 Å². The van der Waals surface area contributed by atoms with Crippen molar-refractivity contribution in [3.05, 3.63) is 60.2 Å². The number of methoxy groups -OCH3 is 1. The number of nitrogens with one attached hydrogen (secondary N) is 1. The second-order valence-corrected chi connectivity index (χ2v) is 5.87. The van der Waals surface area contributed by atoms with Gasteiger partial charge in [-0.05, 0) is 44.4 Å². The van der Waals surface area contributed by atoms with Gasteiger partial charge in [-0.1, -0.05) is 36.4 Å². The van der Waals surface area contributed by atoms with Crippen LogP contribution in [0.3, 0.4) is 0 Å². The number of benzene rings is 2. The molecule has 4 heteroatoms. The first-order chi connectivity index (χ1) is 11.6. The van der Waals surface area contributed by atoms with Crippen LogP contribution in [0.5, 0.6) is 11.5 Å². The Bertz CT molecular complexity index is 642. The fourth-order valence-corrected chi connectivity index (χ4v) is 2.39. The van der Waals surface area contributed by atoms with E-state index in [9.17, 15) is 4.79 Å². The van der Waals surface area contributed by atoms with Crippen LogP contribution in [0, 0.1) is 0 Å². The van der Waals surface area contributed by atoms with Crippen molar-refractivity contribution in [2.45, 2.75) is 38.8 Å². The molecule has 0 saturated carbocycles. The quantitative estimate of drug-likeness (QED) is 0.806. The Morgan fingerprint density at radius 3 is 2.46 bits per heavy atom.